The number of nitrogens with zero attached hydrogens (tertiary/aromatic N) is 1. The maximum Gasteiger partial charge on any atom is 0.264 e. The Bertz CT molecular complexity index is 746. The van der Waals surface area contributed by atoms with Crippen LogP contribution in [0.1, 0.15) is 0 Å². The van der Waals surface area contributed by atoms with Gasteiger partial charge in [-0.3, -0.25) is 4.72 Å². The molecule has 0 saturated heterocycles. The van der Waals surface area contributed by atoms with E-state index in [1.165, 1.54) is 25.4 Å². The summed E-state index contributed by atoms with van der Waals surface area (Å²) in [5.41, 5.74) is 0.148. The Labute approximate surface area is 134 Å². The molecule has 1 N–H and O–H groups in total. The lowest BCUT2D eigenvalue weighted by molar-refractivity contribution is 0.416. The van der Waals surface area contributed by atoms with Gasteiger partial charge in [-0.05, 0) is 6.07 Å². The third-order valence-corrected chi connectivity index (χ3v) is 5.54. The smallest absolute Gasteiger partial charge is 0.264 e. The second-order valence-electron chi connectivity index (χ2n) is 3.50. The fraction of sp³-hybridized carbons (Fsp3) is 0.100. The van der Waals surface area contributed by atoms with Gasteiger partial charge in [0.05, 0.1) is 17.6 Å². The lowest BCUT2D eigenvalue weighted by atomic mass is 10.4. The van der Waals surface area contributed by atoms with Crippen LogP contribution in [0.25, 0.3) is 0 Å². The molecule has 108 valence electrons. The second kappa shape index (κ2) is 5.95. The molecule has 10 heteroatoms. The fourth-order valence-corrected chi connectivity index (χ4v) is 4.72. The molecular formula is C10H7Cl3N2O3S2. The molecule has 5 nitrogen and oxygen atoms in total. The van der Waals surface area contributed by atoms with Crippen molar-refractivity contribution in [3.8, 4) is 5.75 Å². The average molecular weight is 374 g/mol. The first-order chi connectivity index (χ1) is 9.33. The SMILES string of the molecule is COc1cc(Cl)ncc1NS(=O)(=O)c1cc(Cl)sc1Cl. The Balaban J connectivity index is 2.41. The van der Waals surface area contributed by atoms with E-state index in [0.717, 1.165) is 11.3 Å². The summed E-state index contributed by atoms with van der Waals surface area (Å²) < 4.78 is 32.2. The van der Waals surface area contributed by atoms with Crippen LogP contribution in [0.3, 0.4) is 0 Å². The van der Waals surface area contributed by atoms with Crippen LogP contribution in [0.5, 0.6) is 5.75 Å². The lowest BCUT2D eigenvalue weighted by Gasteiger charge is -2.10. The Kier molecular flexibility index (Phi) is 4.66. The van der Waals surface area contributed by atoms with Crippen molar-refractivity contribution in [3.05, 3.63) is 32.2 Å². The van der Waals surface area contributed by atoms with Crippen molar-refractivity contribution >= 4 is 61.9 Å². The Morgan fingerprint density at radius 1 is 1.30 bits per heavy atom. The Hall–Kier alpha value is -0.730. The highest BCUT2D eigenvalue weighted by Crippen LogP contribution is 2.36. The van der Waals surface area contributed by atoms with Gasteiger partial charge < -0.3 is 4.74 Å². The number of nitrogens with one attached hydrogen (secondary N) is 1. The van der Waals surface area contributed by atoms with E-state index in [9.17, 15) is 8.42 Å². The number of hydrogen-bond donors (Lipinski definition) is 1. The topological polar surface area (TPSA) is 68.3 Å². The van der Waals surface area contributed by atoms with Gasteiger partial charge in [0, 0.05) is 6.07 Å². The Morgan fingerprint density at radius 2 is 2.00 bits per heavy atom. The van der Waals surface area contributed by atoms with Crippen LogP contribution in [0.2, 0.25) is 13.8 Å². The molecule has 0 fully saturated rings. The van der Waals surface area contributed by atoms with Crippen molar-refractivity contribution in [2.75, 3.05) is 11.8 Å². The number of thiophene rings is 1. The minimum absolute atomic E-state index is 0.0726. The summed E-state index contributed by atoms with van der Waals surface area (Å²) in [6, 6.07) is 2.66. The van der Waals surface area contributed by atoms with Crippen LogP contribution in [0.15, 0.2) is 23.2 Å². The molecule has 0 aliphatic rings. The molecule has 0 aliphatic heterocycles. The van der Waals surface area contributed by atoms with Gasteiger partial charge in [0.1, 0.15) is 25.8 Å². The van der Waals surface area contributed by atoms with Crippen LogP contribution < -0.4 is 9.46 Å². The highest BCUT2D eigenvalue weighted by molar-refractivity contribution is 7.93. The molecule has 2 aromatic rings. The van der Waals surface area contributed by atoms with E-state index >= 15 is 0 Å². The lowest BCUT2D eigenvalue weighted by Crippen LogP contribution is -2.13. The van der Waals surface area contributed by atoms with Crippen molar-refractivity contribution in [3.63, 3.8) is 0 Å². The third-order valence-electron chi connectivity index (χ3n) is 2.21. The van der Waals surface area contributed by atoms with E-state index in [0.29, 0.717) is 0 Å². The minimum Gasteiger partial charge on any atom is -0.494 e. The van der Waals surface area contributed by atoms with Gasteiger partial charge in [0.15, 0.2) is 0 Å². The summed E-state index contributed by atoms with van der Waals surface area (Å²) in [6.07, 6.45) is 1.25. The molecular weight excluding hydrogens is 367 g/mol. The van der Waals surface area contributed by atoms with Gasteiger partial charge in [0.2, 0.25) is 0 Å². The molecule has 2 rings (SSSR count). The second-order valence-corrected chi connectivity index (χ2v) is 7.82. The van der Waals surface area contributed by atoms with Gasteiger partial charge in [0.25, 0.3) is 10.0 Å². The zero-order valence-electron chi connectivity index (χ0n) is 9.85. The summed E-state index contributed by atoms with van der Waals surface area (Å²) in [5.74, 6) is 0.242. The first kappa shape index (κ1) is 15.7. The van der Waals surface area contributed by atoms with Crippen molar-refractivity contribution in [2.24, 2.45) is 0 Å². The van der Waals surface area contributed by atoms with Gasteiger partial charge in [-0.25, -0.2) is 13.4 Å². The zero-order valence-corrected chi connectivity index (χ0v) is 13.8. The quantitative estimate of drug-likeness (QED) is 0.825. The van der Waals surface area contributed by atoms with E-state index in [1.54, 1.807) is 0 Å². The highest BCUT2D eigenvalue weighted by Gasteiger charge is 2.22. The maximum absolute atomic E-state index is 12.2. The van der Waals surface area contributed by atoms with Crippen LogP contribution in [-0.4, -0.2) is 20.5 Å². The standard InChI is InChI=1S/C10H7Cl3N2O3S2/c1-18-6-2-8(11)14-4-5(6)15-20(16,17)7-3-9(12)19-10(7)13/h2-4,15H,1H3. The number of halogens is 3. The number of aromatic nitrogens is 1. The van der Waals surface area contributed by atoms with Crippen molar-refractivity contribution < 1.29 is 13.2 Å². The molecule has 0 spiro atoms. The summed E-state index contributed by atoms with van der Waals surface area (Å²) in [4.78, 5) is 3.69. The van der Waals surface area contributed by atoms with E-state index in [-0.39, 0.29) is 30.2 Å². The molecule has 0 unspecified atom stereocenters. The molecule has 2 heterocycles. The highest BCUT2D eigenvalue weighted by atomic mass is 35.5. The first-order valence-electron chi connectivity index (χ1n) is 5.00. The minimum atomic E-state index is -3.89. The van der Waals surface area contributed by atoms with Gasteiger partial charge in [-0.15, -0.1) is 11.3 Å². The van der Waals surface area contributed by atoms with E-state index in [2.05, 4.69) is 9.71 Å². The number of sulfonamides is 1. The van der Waals surface area contributed by atoms with Gasteiger partial charge in [-0.2, -0.15) is 0 Å². The zero-order chi connectivity index (χ0) is 14.9. The number of anilines is 1. The molecule has 0 aliphatic carbocycles. The molecule has 0 amide bonds. The van der Waals surface area contributed by atoms with Crippen LogP contribution in [0, 0.1) is 0 Å². The monoisotopic (exact) mass is 372 g/mol. The van der Waals surface area contributed by atoms with Gasteiger partial charge in [-0.1, -0.05) is 34.8 Å². The summed E-state index contributed by atoms with van der Waals surface area (Å²) in [5, 5.41) is 0.182. The Morgan fingerprint density at radius 3 is 2.55 bits per heavy atom. The van der Waals surface area contributed by atoms with Crippen molar-refractivity contribution in [1.82, 2.24) is 4.98 Å². The number of rotatable bonds is 4. The molecule has 0 bridgehead atoms. The number of hydrogen-bond acceptors (Lipinski definition) is 5. The number of ether oxygens (including phenoxy) is 1. The molecule has 0 radical (unpaired) electrons. The summed E-state index contributed by atoms with van der Waals surface area (Å²) in [6.45, 7) is 0. The maximum atomic E-state index is 12.2. The fourth-order valence-electron chi connectivity index (χ4n) is 1.37. The number of methoxy groups -OCH3 is 1. The average Bonchev–Trinajstić information content (AvgIpc) is 2.71. The van der Waals surface area contributed by atoms with Crippen molar-refractivity contribution in [2.45, 2.75) is 4.90 Å². The van der Waals surface area contributed by atoms with Crippen LogP contribution >= 0.6 is 46.1 Å². The molecule has 2 aromatic heterocycles. The molecule has 0 atom stereocenters. The summed E-state index contributed by atoms with van der Waals surface area (Å²) in [7, 11) is -2.50. The van der Waals surface area contributed by atoms with Crippen LogP contribution in [0.4, 0.5) is 5.69 Å². The third kappa shape index (κ3) is 3.29. The molecule has 0 saturated carbocycles. The van der Waals surface area contributed by atoms with E-state index in [4.69, 9.17) is 39.5 Å². The summed E-state index contributed by atoms with van der Waals surface area (Å²) >= 11 is 18.3. The van der Waals surface area contributed by atoms with E-state index in [1.807, 2.05) is 0 Å². The first-order valence-corrected chi connectivity index (χ1v) is 8.44. The molecule has 20 heavy (non-hydrogen) atoms. The van der Waals surface area contributed by atoms with Crippen molar-refractivity contribution in [1.29, 1.82) is 0 Å². The van der Waals surface area contributed by atoms with Gasteiger partial charge >= 0.3 is 0 Å². The van der Waals surface area contributed by atoms with Crippen LogP contribution in [-0.2, 0) is 10.0 Å². The van der Waals surface area contributed by atoms with E-state index < -0.39 is 10.0 Å². The predicted molar refractivity (Wildman–Crippen MR) is 80.9 cm³/mol. The number of pyridine rings is 1. The molecule has 0 aromatic carbocycles. The largest absolute Gasteiger partial charge is 0.494 e. The predicted octanol–water partition coefficient (Wildman–Crippen LogP) is 3.91. The normalized spacial score (nSPS) is 11.4.